The van der Waals surface area contributed by atoms with E-state index in [4.69, 9.17) is 31.3 Å². The lowest BCUT2D eigenvalue weighted by atomic mass is 10.0. The molecule has 0 bridgehead atoms. The number of nitrogens with two attached hydrogens (primary N) is 1. The maximum absolute atomic E-state index is 10.6. The summed E-state index contributed by atoms with van der Waals surface area (Å²) in [7, 11) is 0. The molecule has 4 N–H and O–H groups in total. The van der Waals surface area contributed by atoms with E-state index in [1.807, 2.05) is 18.2 Å². The molecule has 1 atom stereocenters. The number of primary amides is 1. The minimum atomic E-state index is -1.33. The van der Waals surface area contributed by atoms with Gasteiger partial charge in [0.1, 0.15) is 6.61 Å². The summed E-state index contributed by atoms with van der Waals surface area (Å²) in [5.74, 6) is -0.622. The highest BCUT2D eigenvalue weighted by Gasteiger charge is 2.14. The van der Waals surface area contributed by atoms with Crippen molar-refractivity contribution < 1.29 is 24.5 Å². The molecule has 0 spiro atoms. The topological polar surface area (TPSA) is 110 Å². The number of ether oxygens (including phenoxy) is 1. The summed E-state index contributed by atoms with van der Waals surface area (Å²) >= 11 is 5.96. The average molecular weight is 290 g/mol. The molecule has 1 aromatic carbocycles. The lowest BCUT2D eigenvalue weighted by Crippen LogP contribution is -2.14. The molecule has 1 amide bonds. The van der Waals surface area contributed by atoms with Crippen LogP contribution in [0.15, 0.2) is 24.3 Å². The van der Waals surface area contributed by atoms with Gasteiger partial charge in [-0.25, -0.2) is 4.79 Å². The summed E-state index contributed by atoms with van der Waals surface area (Å²) in [5.41, 5.74) is 4.82. The molecule has 0 aromatic heterocycles. The van der Waals surface area contributed by atoms with Gasteiger partial charge in [0, 0.05) is 17.9 Å². The van der Waals surface area contributed by atoms with Crippen LogP contribution in [-0.4, -0.2) is 35.5 Å². The predicted molar refractivity (Wildman–Crippen MR) is 70.1 cm³/mol. The van der Waals surface area contributed by atoms with E-state index in [1.54, 1.807) is 6.07 Å². The van der Waals surface area contributed by atoms with Crippen LogP contribution in [0.2, 0.25) is 5.02 Å². The number of carbonyl (C=O) groups excluding carboxylic acids is 1. The number of benzene rings is 1. The van der Waals surface area contributed by atoms with Gasteiger partial charge in [0.2, 0.25) is 0 Å². The van der Waals surface area contributed by atoms with Gasteiger partial charge in [-0.15, -0.1) is 0 Å². The van der Waals surface area contributed by atoms with Gasteiger partial charge in [-0.1, -0.05) is 29.8 Å². The van der Waals surface area contributed by atoms with Gasteiger partial charge in [-0.05, 0) is 11.6 Å². The Morgan fingerprint density at radius 1 is 1.42 bits per heavy atom. The highest BCUT2D eigenvalue weighted by atomic mass is 35.5. The molecular weight excluding hydrogens is 274 g/mol. The van der Waals surface area contributed by atoms with E-state index >= 15 is 0 Å². The summed E-state index contributed by atoms with van der Waals surface area (Å²) in [6.45, 7) is 1.38. The summed E-state index contributed by atoms with van der Waals surface area (Å²) in [6.07, 6.45) is -1.33. The van der Waals surface area contributed by atoms with Crippen LogP contribution in [0.4, 0.5) is 4.79 Å². The van der Waals surface area contributed by atoms with E-state index in [9.17, 15) is 4.79 Å². The summed E-state index contributed by atoms with van der Waals surface area (Å²) in [4.78, 5) is 19.4. The molecule has 0 saturated carbocycles. The van der Waals surface area contributed by atoms with Crippen molar-refractivity contribution in [3.63, 3.8) is 0 Å². The lowest BCUT2D eigenvalue weighted by Gasteiger charge is -2.15. The number of aliphatic hydroxyl groups excluding tert-OH is 1. The molecule has 0 aliphatic rings. The molecule has 0 radical (unpaired) electrons. The van der Waals surface area contributed by atoms with Crippen LogP contribution >= 0.6 is 11.6 Å². The Bertz CT molecular complexity index is 420. The van der Waals surface area contributed by atoms with Crippen molar-refractivity contribution >= 4 is 23.7 Å². The second-order valence-corrected chi connectivity index (χ2v) is 3.95. The zero-order chi connectivity index (χ0) is 14.8. The van der Waals surface area contributed by atoms with Crippen molar-refractivity contribution in [1.29, 1.82) is 0 Å². The van der Waals surface area contributed by atoms with Crippen LogP contribution in [0.3, 0.4) is 0 Å². The van der Waals surface area contributed by atoms with Gasteiger partial charge in [0.05, 0.1) is 6.61 Å². The van der Waals surface area contributed by atoms with Crippen molar-refractivity contribution in [3.05, 3.63) is 34.9 Å². The number of aliphatic hydroxyl groups is 1. The SMILES string of the molecule is CC(=O)OC[C@H](CO)c1ccccc1Cl.NC(=O)O. The first-order valence-corrected chi connectivity index (χ1v) is 5.73. The minimum absolute atomic E-state index is 0.100. The molecule has 0 fully saturated rings. The van der Waals surface area contributed by atoms with Gasteiger partial charge in [-0.3, -0.25) is 4.79 Å². The molecule has 0 heterocycles. The van der Waals surface area contributed by atoms with Crippen molar-refractivity contribution in [1.82, 2.24) is 0 Å². The Balaban J connectivity index is 0.000000711. The second-order valence-electron chi connectivity index (χ2n) is 3.54. The number of amides is 1. The minimum Gasteiger partial charge on any atom is -0.465 e. The van der Waals surface area contributed by atoms with Gasteiger partial charge >= 0.3 is 12.1 Å². The zero-order valence-electron chi connectivity index (χ0n) is 10.4. The highest BCUT2D eigenvalue weighted by Crippen LogP contribution is 2.24. The lowest BCUT2D eigenvalue weighted by molar-refractivity contribution is -0.141. The second kappa shape index (κ2) is 9.18. The number of esters is 1. The van der Waals surface area contributed by atoms with Crippen molar-refractivity contribution in [3.8, 4) is 0 Å². The summed E-state index contributed by atoms with van der Waals surface area (Å²) in [6, 6.07) is 7.20. The Labute approximate surface area is 115 Å². The standard InChI is InChI=1S/C11H13ClO3.CH3NO2/c1-8(14)15-7-9(6-13)10-4-2-3-5-11(10)12;2-1(3)4/h2-5,9,13H,6-7H2,1H3;2H2,(H,3,4)/t9-;/m0./s1. The van der Waals surface area contributed by atoms with Crippen LogP contribution < -0.4 is 5.73 Å². The number of rotatable bonds is 4. The Kier molecular flexibility index (Phi) is 8.32. The van der Waals surface area contributed by atoms with E-state index in [-0.39, 0.29) is 25.1 Å². The molecule has 0 aliphatic heterocycles. The fraction of sp³-hybridized carbons (Fsp3) is 0.333. The van der Waals surface area contributed by atoms with Gasteiger partial charge in [0.25, 0.3) is 0 Å². The van der Waals surface area contributed by atoms with Crippen LogP contribution in [0.25, 0.3) is 0 Å². The van der Waals surface area contributed by atoms with E-state index in [2.05, 4.69) is 5.73 Å². The van der Waals surface area contributed by atoms with Gasteiger partial charge in [0.15, 0.2) is 0 Å². The van der Waals surface area contributed by atoms with Gasteiger partial charge < -0.3 is 20.7 Å². The molecule has 106 valence electrons. The molecule has 7 heteroatoms. The van der Waals surface area contributed by atoms with Crippen LogP contribution in [0.1, 0.15) is 18.4 Å². The van der Waals surface area contributed by atoms with E-state index < -0.39 is 6.09 Å². The molecule has 6 nitrogen and oxygen atoms in total. The number of hydrogen-bond donors (Lipinski definition) is 3. The third kappa shape index (κ3) is 8.01. The predicted octanol–water partition coefficient (Wildman–Crippen LogP) is 1.60. The Morgan fingerprint density at radius 3 is 2.37 bits per heavy atom. The van der Waals surface area contributed by atoms with E-state index in [1.165, 1.54) is 6.92 Å². The van der Waals surface area contributed by atoms with Crippen LogP contribution in [-0.2, 0) is 9.53 Å². The number of carbonyl (C=O) groups is 2. The highest BCUT2D eigenvalue weighted by molar-refractivity contribution is 6.31. The van der Waals surface area contributed by atoms with Crippen molar-refractivity contribution in [2.75, 3.05) is 13.2 Å². The molecule has 0 unspecified atom stereocenters. The first-order chi connectivity index (χ1) is 8.88. The average Bonchev–Trinajstić information content (AvgIpc) is 2.31. The molecule has 1 rings (SSSR count). The van der Waals surface area contributed by atoms with Crippen molar-refractivity contribution in [2.45, 2.75) is 12.8 Å². The Morgan fingerprint density at radius 2 is 1.95 bits per heavy atom. The first kappa shape index (κ1) is 17.2. The summed E-state index contributed by atoms with van der Waals surface area (Å²) in [5, 5.41) is 16.9. The normalized spacial score (nSPS) is 10.9. The smallest absolute Gasteiger partial charge is 0.402 e. The molecule has 1 aromatic rings. The molecule has 0 aliphatic carbocycles. The largest absolute Gasteiger partial charge is 0.465 e. The van der Waals surface area contributed by atoms with E-state index in [0.29, 0.717) is 5.02 Å². The fourth-order valence-corrected chi connectivity index (χ4v) is 1.55. The number of carboxylic acid groups (broad SMARTS) is 1. The van der Waals surface area contributed by atoms with E-state index in [0.717, 1.165) is 5.56 Å². The monoisotopic (exact) mass is 289 g/mol. The first-order valence-electron chi connectivity index (χ1n) is 5.35. The van der Waals surface area contributed by atoms with Gasteiger partial charge in [-0.2, -0.15) is 0 Å². The van der Waals surface area contributed by atoms with Crippen molar-refractivity contribution in [2.24, 2.45) is 5.73 Å². The van der Waals surface area contributed by atoms with Crippen LogP contribution in [0.5, 0.6) is 0 Å². The zero-order valence-corrected chi connectivity index (χ0v) is 11.1. The third-order valence-electron chi connectivity index (χ3n) is 2.05. The molecule has 19 heavy (non-hydrogen) atoms. The number of halogens is 1. The maximum atomic E-state index is 10.6. The third-order valence-corrected chi connectivity index (χ3v) is 2.40. The summed E-state index contributed by atoms with van der Waals surface area (Å²) < 4.78 is 4.85. The quantitative estimate of drug-likeness (QED) is 0.729. The Hall–Kier alpha value is -1.79. The van der Waals surface area contributed by atoms with Crippen LogP contribution in [0, 0.1) is 0 Å². The molecule has 0 saturated heterocycles. The fourth-order valence-electron chi connectivity index (χ4n) is 1.26. The molecular formula is C12H16ClNO5. The maximum Gasteiger partial charge on any atom is 0.402 e. The number of hydrogen-bond acceptors (Lipinski definition) is 4.